The summed E-state index contributed by atoms with van der Waals surface area (Å²) in [6, 6.07) is 5.46. The van der Waals surface area contributed by atoms with Crippen LogP contribution < -0.4 is 0 Å². The van der Waals surface area contributed by atoms with Gasteiger partial charge in [-0.1, -0.05) is 12.1 Å². The Kier molecular flexibility index (Phi) is 3.48. The molecule has 0 radical (unpaired) electrons. The third-order valence-electron chi connectivity index (χ3n) is 1.92. The predicted molar refractivity (Wildman–Crippen MR) is 57.1 cm³/mol. The molecule has 1 aromatic carbocycles. The lowest BCUT2D eigenvalue weighted by Gasteiger charge is -2.01. The first-order valence-electron chi connectivity index (χ1n) is 3.99. The molecule has 0 heterocycles. The van der Waals surface area contributed by atoms with E-state index in [4.69, 9.17) is 0 Å². The van der Waals surface area contributed by atoms with Gasteiger partial charge in [0.1, 0.15) is 0 Å². The summed E-state index contributed by atoms with van der Waals surface area (Å²) < 4.78 is 16.8. The first kappa shape index (κ1) is 10.3. The van der Waals surface area contributed by atoms with Gasteiger partial charge in [-0.05, 0) is 43.0 Å². The van der Waals surface area contributed by atoms with Gasteiger partial charge in [-0.3, -0.25) is 0 Å². The molecule has 0 bridgehead atoms. The van der Waals surface area contributed by atoms with E-state index in [-0.39, 0.29) is 0 Å². The smallest absolute Gasteiger partial charge is 0.186 e. The van der Waals surface area contributed by atoms with Gasteiger partial charge < -0.3 is 0 Å². The van der Waals surface area contributed by atoms with Crippen molar-refractivity contribution in [2.75, 3.05) is 6.26 Å². The van der Waals surface area contributed by atoms with Crippen molar-refractivity contribution in [3.8, 4) is 0 Å². The molecular formula is C10H12FNS. The van der Waals surface area contributed by atoms with E-state index in [1.54, 1.807) is 12.3 Å². The molecule has 1 aromatic rings. The van der Waals surface area contributed by atoms with Crippen LogP contribution >= 0.6 is 11.9 Å². The zero-order valence-corrected chi connectivity index (χ0v) is 8.78. The molecule has 0 atom stereocenters. The number of benzene rings is 1. The zero-order chi connectivity index (χ0) is 9.84. The fourth-order valence-corrected chi connectivity index (χ4v) is 1.27. The molecular weight excluding hydrogens is 185 g/mol. The van der Waals surface area contributed by atoms with Crippen molar-refractivity contribution < 1.29 is 4.39 Å². The van der Waals surface area contributed by atoms with Crippen LogP contribution in [0.1, 0.15) is 16.7 Å². The summed E-state index contributed by atoms with van der Waals surface area (Å²) in [5.41, 5.74) is 2.81. The van der Waals surface area contributed by atoms with E-state index in [0.717, 1.165) is 17.5 Å². The largest absolute Gasteiger partial charge is 0.226 e. The van der Waals surface area contributed by atoms with Gasteiger partial charge >= 0.3 is 0 Å². The zero-order valence-electron chi connectivity index (χ0n) is 7.97. The highest BCUT2D eigenvalue weighted by molar-refractivity contribution is 7.97. The van der Waals surface area contributed by atoms with E-state index >= 15 is 0 Å². The molecule has 3 heteroatoms. The van der Waals surface area contributed by atoms with Crippen LogP contribution in [0.4, 0.5) is 4.39 Å². The van der Waals surface area contributed by atoms with E-state index in [2.05, 4.69) is 4.40 Å². The van der Waals surface area contributed by atoms with Gasteiger partial charge in [-0.25, -0.2) is 0 Å². The Labute approximate surface area is 82.2 Å². The van der Waals surface area contributed by atoms with Crippen molar-refractivity contribution in [1.82, 2.24) is 0 Å². The van der Waals surface area contributed by atoms with Gasteiger partial charge in [0, 0.05) is 11.8 Å². The number of hydrogen-bond donors (Lipinski definition) is 0. The average molecular weight is 197 g/mol. The van der Waals surface area contributed by atoms with Crippen molar-refractivity contribution in [3.05, 3.63) is 34.9 Å². The topological polar surface area (TPSA) is 12.4 Å². The Bertz CT molecular complexity index is 334. The van der Waals surface area contributed by atoms with Gasteiger partial charge in [-0.2, -0.15) is 8.79 Å². The molecule has 0 amide bonds. The van der Waals surface area contributed by atoms with Crippen LogP contribution in [0.5, 0.6) is 0 Å². The van der Waals surface area contributed by atoms with E-state index in [9.17, 15) is 4.39 Å². The second-order valence-electron chi connectivity index (χ2n) is 2.86. The molecule has 13 heavy (non-hydrogen) atoms. The summed E-state index contributed by atoms with van der Waals surface area (Å²) in [5.74, 6) is -0.407. The van der Waals surface area contributed by atoms with Crippen LogP contribution in [0.25, 0.3) is 0 Å². The van der Waals surface area contributed by atoms with Crippen LogP contribution in [-0.4, -0.2) is 12.2 Å². The minimum atomic E-state index is -0.407. The highest BCUT2D eigenvalue weighted by Crippen LogP contribution is 2.12. The van der Waals surface area contributed by atoms with Crippen molar-refractivity contribution in [2.24, 2.45) is 4.40 Å². The Hall–Kier alpha value is -0.830. The second-order valence-corrected chi connectivity index (χ2v) is 3.41. The summed E-state index contributed by atoms with van der Waals surface area (Å²) >= 11 is 1.13. The monoisotopic (exact) mass is 197 g/mol. The third kappa shape index (κ3) is 2.56. The van der Waals surface area contributed by atoms with E-state index in [1.165, 1.54) is 5.56 Å². The fraction of sp³-hybridized carbons (Fsp3) is 0.300. The number of aryl methyl sites for hydroxylation is 2. The molecule has 0 spiro atoms. The number of halogens is 1. The SMILES string of the molecule is CS/N=C(/F)c1ccc(C)c(C)c1. The molecule has 1 nitrogen and oxygen atoms in total. The summed E-state index contributed by atoms with van der Waals surface area (Å²) in [7, 11) is 0. The first-order chi connectivity index (χ1) is 6.15. The Morgan fingerprint density at radius 2 is 2.00 bits per heavy atom. The van der Waals surface area contributed by atoms with Gasteiger partial charge in [0.05, 0.1) is 0 Å². The van der Waals surface area contributed by atoms with E-state index in [0.29, 0.717) is 5.56 Å². The van der Waals surface area contributed by atoms with Crippen LogP contribution in [0, 0.1) is 13.8 Å². The first-order valence-corrected chi connectivity index (χ1v) is 5.17. The molecule has 0 saturated heterocycles. The molecule has 0 fully saturated rings. The van der Waals surface area contributed by atoms with Crippen LogP contribution in [0.15, 0.2) is 22.6 Å². The van der Waals surface area contributed by atoms with Crippen molar-refractivity contribution in [2.45, 2.75) is 13.8 Å². The molecule has 0 aliphatic carbocycles. The second kappa shape index (κ2) is 4.42. The van der Waals surface area contributed by atoms with E-state index < -0.39 is 5.97 Å². The molecule has 1 rings (SSSR count). The summed E-state index contributed by atoms with van der Waals surface area (Å²) in [6.45, 7) is 3.97. The van der Waals surface area contributed by atoms with Gasteiger partial charge in [0.2, 0.25) is 5.97 Å². The van der Waals surface area contributed by atoms with Crippen molar-refractivity contribution in [3.63, 3.8) is 0 Å². The summed E-state index contributed by atoms with van der Waals surface area (Å²) in [6.07, 6.45) is 1.74. The average Bonchev–Trinajstić information content (AvgIpc) is 2.10. The molecule has 0 aromatic heterocycles. The maximum atomic E-state index is 13.2. The Morgan fingerprint density at radius 3 is 2.54 bits per heavy atom. The lowest BCUT2D eigenvalue weighted by Crippen LogP contribution is -1.93. The molecule has 0 N–H and O–H groups in total. The minimum absolute atomic E-state index is 0.407. The number of hydrogen-bond acceptors (Lipinski definition) is 2. The summed E-state index contributed by atoms with van der Waals surface area (Å²) in [4.78, 5) is 0. The highest BCUT2D eigenvalue weighted by atomic mass is 32.2. The fourth-order valence-electron chi connectivity index (χ4n) is 1.00. The van der Waals surface area contributed by atoms with Gasteiger partial charge in [0.15, 0.2) is 0 Å². The summed E-state index contributed by atoms with van der Waals surface area (Å²) in [5, 5.41) is 0. The van der Waals surface area contributed by atoms with Crippen LogP contribution in [-0.2, 0) is 0 Å². The maximum Gasteiger partial charge on any atom is 0.226 e. The Balaban J connectivity index is 3.04. The lowest BCUT2D eigenvalue weighted by molar-refractivity contribution is 0.812. The Morgan fingerprint density at radius 1 is 1.31 bits per heavy atom. The van der Waals surface area contributed by atoms with Crippen molar-refractivity contribution >= 4 is 17.9 Å². The number of rotatable bonds is 2. The predicted octanol–water partition coefficient (Wildman–Crippen LogP) is 3.30. The molecule has 0 aliphatic rings. The molecule has 0 aliphatic heterocycles. The quantitative estimate of drug-likeness (QED) is 0.523. The van der Waals surface area contributed by atoms with Crippen LogP contribution in [0.3, 0.4) is 0 Å². The standard InChI is InChI=1S/C10H12FNS/c1-7-4-5-9(6-8(7)2)10(11)12-13-3/h4-6H,1-3H3/b12-10+. The molecule has 70 valence electrons. The van der Waals surface area contributed by atoms with Crippen molar-refractivity contribution in [1.29, 1.82) is 0 Å². The maximum absolute atomic E-state index is 13.2. The minimum Gasteiger partial charge on any atom is -0.186 e. The van der Waals surface area contributed by atoms with Gasteiger partial charge in [0.25, 0.3) is 0 Å². The number of nitrogens with zero attached hydrogens (tertiary/aromatic N) is 1. The van der Waals surface area contributed by atoms with E-state index in [1.807, 2.05) is 26.0 Å². The third-order valence-corrected chi connectivity index (χ3v) is 2.26. The normalized spacial score (nSPS) is 11.8. The van der Waals surface area contributed by atoms with Gasteiger partial charge in [-0.15, -0.1) is 0 Å². The highest BCUT2D eigenvalue weighted by Gasteiger charge is 2.02. The lowest BCUT2D eigenvalue weighted by atomic mass is 10.1. The molecule has 0 saturated carbocycles. The molecule has 0 unspecified atom stereocenters. The van der Waals surface area contributed by atoms with Crippen LogP contribution in [0.2, 0.25) is 0 Å².